The number of hydrogen-bond donors (Lipinski definition) is 1. The van der Waals surface area contributed by atoms with E-state index >= 15 is 0 Å². The molecule has 2 heterocycles. The van der Waals surface area contributed by atoms with Crippen molar-refractivity contribution in [2.75, 3.05) is 25.5 Å². The van der Waals surface area contributed by atoms with E-state index in [1.807, 2.05) is 0 Å². The van der Waals surface area contributed by atoms with Crippen LogP contribution in [0.1, 0.15) is 24.0 Å². The van der Waals surface area contributed by atoms with Crippen LogP contribution in [0.25, 0.3) is 11.3 Å². The van der Waals surface area contributed by atoms with Crippen molar-refractivity contribution in [1.29, 1.82) is 0 Å². The normalized spacial score (nSPS) is 19.1. The van der Waals surface area contributed by atoms with E-state index in [1.165, 1.54) is 24.9 Å². The fraction of sp³-hybridized carbons (Fsp3) is 0.444. The Balaban J connectivity index is 1.76. The number of piperidine rings is 1. The van der Waals surface area contributed by atoms with Crippen LogP contribution >= 0.6 is 0 Å². The molecule has 1 atom stereocenters. The Morgan fingerprint density at radius 2 is 1.91 bits per heavy atom. The fourth-order valence-electron chi connectivity index (χ4n) is 2.97. The van der Waals surface area contributed by atoms with Gasteiger partial charge in [-0.15, -0.1) is 10.2 Å². The van der Waals surface area contributed by atoms with E-state index in [9.17, 15) is 0 Å². The summed E-state index contributed by atoms with van der Waals surface area (Å²) in [6.45, 7) is 6.45. The monoisotopic (exact) mass is 296 g/mol. The van der Waals surface area contributed by atoms with E-state index < -0.39 is 0 Å². The molecule has 0 spiro atoms. The van der Waals surface area contributed by atoms with Gasteiger partial charge in [0.25, 0.3) is 0 Å². The van der Waals surface area contributed by atoms with Crippen LogP contribution in [-0.4, -0.2) is 41.3 Å². The summed E-state index contributed by atoms with van der Waals surface area (Å²) in [5, 5.41) is 12.4. The predicted octanol–water partition coefficient (Wildman–Crippen LogP) is 3.27. The summed E-state index contributed by atoms with van der Waals surface area (Å²) >= 11 is 0. The molecule has 0 radical (unpaired) electrons. The number of likely N-dealkylation sites (tertiary alicyclic amines) is 1. The van der Waals surface area contributed by atoms with Gasteiger partial charge in [0, 0.05) is 18.2 Å². The van der Waals surface area contributed by atoms with Gasteiger partial charge in [-0.3, -0.25) is 0 Å². The zero-order chi connectivity index (χ0) is 15.5. The molecule has 2 aromatic rings. The van der Waals surface area contributed by atoms with Crippen molar-refractivity contribution in [1.82, 2.24) is 15.1 Å². The summed E-state index contributed by atoms with van der Waals surface area (Å²) in [4.78, 5) is 2.37. The zero-order valence-corrected chi connectivity index (χ0v) is 13.6. The molecule has 1 saturated heterocycles. The SMILES string of the molecule is Cc1ccc(-c2cc(C)c(N[C@@H]3CCCN(C)C3)nn2)cc1. The van der Waals surface area contributed by atoms with Gasteiger partial charge in [-0.1, -0.05) is 29.8 Å². The van der Waals surface area contributed by atoms with Crippen LogP contribution in [0.15, 0.2) is 30.3 Å². The summed E-state index contributed by atoms with van der Waals surface area (Å²) in [6.07, 6.45) is 2.44. The van der Waals surface area contributed by atoms with Crippen LogP contribution in [-0.2, 0) is 0 Å². The van der Waals surface area contributed by atoms with Crippen molar-refractivity contribution in [3.63, 3.8) is 0 Å². The minimum atomic E-state index is 0.469. The van der Waals surface area contributed by atoms with Gasteiger partial charge >= 0.3 is 0 Å². The molecular weight excluding hydrogens is 272 g/mol. The lowest BCUT2D eigenvalue weighted by atomic mass is 10.1. The van der Waals surface area contributed by atoms with Crippen molar-refractivity contribution >= 4 is 5.82 Å². The number of nitrogens with one attached hydrogen (secondary N) is 1. The third-order valence-electron chi connectivity index (χ3n) is 4.30. The van der Waals surface area contributed by atoms with E-state index in [-0.39, 0.29) is 0 Å². The summed E-state index contributed by atoms with van der Waals surface area (Å²) in [7, 11) is 2.17. The van der Waals surface area contributed by atoms with Gasteiger partial charge < -0.3 is 10.2 Å². The second-order valence-corrected chi connectivity index (χ2v) is 6.37. The average Bonchev–Trinajstić information content (AvgIpc) is 2.50. The van der Waals surface area contributed by atoms with E-state index in [4.69, 9.17) is 0 Å². The Labute approximate surface area is 132 Å². The lowest BCUT2D eigenvalue weighted by molar-refractivity contribution is 0.260. The molecule has 1 aliphatic heterocycles. The smallest absolute Gasteiger partial charge is 0.151 e. The second-order valence-electron chi connectivity index (χ2n) is 6.37. The molecule has 1 aliphatic rings. The highest BCUT2D eigenvalue weighted by Gasteiger charge is 2.18. The number of aryl methyl sites for hydroxylation is 2. The minimum Gasteiger partial charge on any atom is -0.364 e. The highest BCUT2D eigenvalue weighted by atomic mass is 15.2. The summed E-state index contributed by atoms with van der Waals surface area (Å²) in [6, 6.07) is 11.0. The topological polar surface area (TPSA) is 41.0 Å². The van der Waals surface area contributed by atoms with E-state index in [0.29, 0.717) is 6.04 Å². The van der Waals surface area contributed by atoms with Crippen molar-refractivity contribution in [2.24, 2.45) is 0 Å². The maximum atomic E-state index is 4.42. The Morgan fingerprint density at radius 3 is 2.59 bits per heavy atom. The Kier molecular flexibility index (Phi) is 4.39. The Bertz CT molecular complexity index is 636. The number of likely N-dealkylation sites (N-methyl/N-ethyl adjacent to an activating group) is 1. The van der Waals surface area contributed by atoms with E-state index in [2.05, 4.69) is 71.6 Å². The van der Waals surface area contributed by atoms with Gasteiger partial charge in [0.2, 0.25) is 0 Å². The van der Waals surface area contributed by atoms with Crippen molar-refractivity contribution in [2.45, 2.75) is 32.7 Å². The molecule has 0 saturated carbocycles. The minimum absolute atomic E-state index is 0.469. The number of nitrogens with zero attached hydrogens (tertiary/aromatic N) is 3. The standard InChI is InChI=1S/C18H24N4/c1-13-6-8-15(9-7-13)17-11-14(2)18(21-20-17)19-16-5-4-10-22(3)12-16/h6-9,11,16H,4-5,10,12H2,1-3H3,(H,19,21)/t16-/m1/s1. The van der Waals surface area contributed by atoms with E-state index in [1.54, 1.807) is 0 Å². The number of benzene rings is 1. The van der Waals surface area contributed by atoms with Gasteiger partial charge in [-0.25, -0.2) is 0 Å². The van der Waals surface area contributed by atoms with Gasteiger partial charge in [0.15, 0.2) is 5.82 Å². The molecule has 1 aromatic heterocycles. The van der Waals surface area contributed by atoms with Gasteiger partial charge in [-0.05, 0) is 51.9 Å². The first-order valence-electron chi connectivity index (χ1n) is 7.98. The fourth-order valence-corrected chi connectivity index (χ4v) is 2.97. The molecule has 0 unspecified atom stereocenters. The highest BCUT2D eigenvalue weighted by Crippen LogP contribution is 2.22. The van der Waals surface area contributed by atoms with Crippen LogP contribution in [0.4, 0.5) is 5.82 Å². The molecule has 1 fully saturated rings. The van der Waals surface area contributed by atoms with Crippen LogP contribution in [0.2, 0.25) is 0 Å². The maximum absolute atomic E-state index is 4.42. The Hall–Kier alpha value is -1.94. The highest BCUT2D eigenvalue weighted by molar-refractivity contribution is 5.62. The summed E-state index contributed by atoms with van der Waals surface area (Å²) < 4.78 is 0. The largest absolute Gasteiger partial charge is 0.364 e. The number of anilines is 1. The number of rotatable bonds is 3. The van der Waals surface area contributed by atoms with Crippen molar-refractivity contribution in [3.05, 3.63) is 41.5 Å². The summed E-state index contributed by atoms with van der Waals surface area (Å²) in [5.41, 5.74) is 4.46. The average molecular weight is 296 g/mol. The van der Waals surface area contributed by atoms with Crippen LogP contribution in [0, 0.1) is 13.8 Å². The molecule has 0 aliphatic carbocycles. The summed E-state index contributed by atoms with van der Waals surface area (Å²) in [5.74, 6) is 0.913. The maximum Gasteiger partial charge on any atom is 0.151 e. The van der Waals surface area contributed by atoms with Crippen LogP contribution in [0.3, 0.4) is 0 Å². The number of hydrogen-bond acceptors (Lipinski definition) is 4. The van der Waals surface area contributed by atoms with Gasteiger partial charge in [0.05, 0.1) is 5.69 Å². The van der Waals surface area contributed by atoms with Crippen molar-refractivity contribution in [3.8, 4) is 11.3 Å². The third-order valence-corrected chi connectivity index (χ3v) is 4.30. The molecule has 0 bridgehead atoms. The first kappa shape index (κ1) is 15.0. The predicted molar refractivity (Wildman–Crippen MR) is 91.1 cm³/mol. The second kappa shape index (κ2) is 6.44. The van der Waals surface area contributed by atoms with E-state index in [0.717, 1.165) is 29.2 Å². The lowest BCUT2D eigenvalue weighted by Crippen LogP contribution is -2.40. The van der Waals surface area contributed by atoms with Crippen LogP contribution in [0.5, 0.6) is 0 Å². The first-order chi connectivity index (χ1) is 10.6. The number of aromatic nitrogens is 2. The van der Waals surface area contributed by atoms with Crippen LogP contribution < -0.4 is 5.32 Å². The first-order valence-corrected chi connectivity index (χ1v) is 7.98. The molecule has 1 aromatic carbocycles. The molecule has 22 heavy (non-hydrogen) atoms. The molecule has 4 heteroatoms. The zero-order valence-electron chi connectivity index (χ0n) is 13.6. The third kappa shape index (κ3) is 3.45. The molecule has 116 valence electrons. The molecular formula is C18H24N4. The quantitative estimate of drug-likeness (QED) is 0.944. The Morgan fingerprint density at radius 1 is 1.14 bits per heavy atom. The molecule has 0 amide bonds. The van der Waals surface area contributed by atoms with Crippen molar-refractivity contribution < 1.29 is 0 Å². The lowest BCUT2D eigenvalue weighted by Gasteiger charge is -2.30. The molecule has 3 rings (SSSR count). The molecule has 1 N–H and O–H groups in total. The van der Waals surface area contributed by atoms with Gasteiger partial charge in [0.1, 0.15) is 0 Å². The van der Waals surface area contributed by atoms with Gasteiger partial charge in [-0.2, -0.15) is 0 Å². The molecule has 4 nitrogen and oxygen atoms in total.